The molecule has 2 atom stereocenters. The Bertz CT molecular complexity index is 859. The summed E-state index contributed by atoms with van der Waals surface area (Å²) < 4.78 is 5.80. The summed E-state index contributed by atoms with van der Waals surface area (Å²) in [6.45, 7) is 2.92. The van der Waals surface area contributed by atoms with Crippen molar-refractivity contribution in [2.24, 2.45) is 5.92 Å². The van der Waals surface area contributed by atoms with Gasteiger partial charge in [0.05, 0.1) is 12.0 Å². The van der Waals surface area contributed by atoms with E-state index in [9.17, 15) is 0 Å². The van der Waals surface area contributed by atoms with Gasteiger partial charge in [-0.15, -0.1) is 0 Å². The van der Waals surface area contributed by atoms with E-state index in [-0.39, 0.29) is 5.41 Å². The quantitative estimate of drug-likeness (QED) is 0.767. The molecule has 2 aliphatic rings. The lowest BCUT2D eigenvalue weighted by atomic mass is 9.80. The number of benzene rings is 1. The van der Waals surface area contributed by atoms with Gasteiger partial charge in [0.15, 0.2) is 5.82 Å². The largest absolute Gasteiger partial charge is 0.348 e. The van der Waals surface area contributed by atoms with Gasteiger partial charge in [-0.2, -0.15) is 4.98 Å². The third kappa shape index (κ3) is 2.74. The van der Waals surface area contributed by atoms with Crippen LogP contribution in [0.2, 0.25) is 0 Å². The van der Waals surface area contributed by atoms with Crippen molar-refractivity contribution in [2.75, 3.05) is 13.1 Å². The van der Waals surface area contributed by atoms with Gasteiger partial charge in [-0.3, -0.25) is 4.90 Å². The van der Waals surface area contributed by atoms with Crippen LogP contribution in [-0.2, 0) is 18.4 Å². The summed E-state index contributed by atoms with van der Waals surface area (Å²) in [5, 5.41) is 4.29. The number of aromatic amines is 1. The minimum atomic E-state index is 0.0224. The molecule has 0 amide bonds. The topological polar surface area (TPSA) is 70.8 Å². The van der Waals surface area contributed by atoms with E-state index >= 15 is 0 Å². The summed E-state index contributed by atoms with van der Waals surface area (Å²) in [5.41, 5.74) is 1.24. The number of imidazole rings is 1. The minimum absolute atomic E-state index is 0.0224. The highest BCUT2D eigenvalue weighted by molar-refractivity contribution is 5.21. The van der Waals surface area contributed by atoms with Gasteiger partial charge in [0.2, 0.25) is 5.89 Å². The summed E-state index contributed by atoms with van der Waals surface area (Å²) >= 11 is 0. The number of hydrogen-bond donors (Lipinski definition) is 1. The zero-order valence-corrected chi connectivity index (χ0v) is 14.8. The molecule has 1 saturated carbocycles. The van der Waals surface area contributed by atoms with E-state index in [1.54, 1.807) is 0 Å². The molecule has 26 heavy (non-hydrogen) atoms. The second kappa shape index (κ2) is 6.36. The van der Waals surface area contributed by atoms with Crippen molar-refractivity contribution in [1.29, 1.82) is 0 Å². The fourth-order valence-electron chi connectivity index (χ4n) is 4.77. The van der Waals surface area contributed by atoms with E-state index in [1.165, 1.54) is 18.4 Å². The number of rotatable bonds is 5. The Morgan fingerprint density at radius 1 is 1.27 bits per heavy atom. The van der Waals surface area contributed by atoms with Crippen LogP contribution in [0.15, 0.2) is 47.2 Å². The Kier molecular flexibility index (Phi) is 3.85. The van der Waals surface area contributed by atoms with Crippen molar-refractivity contribution >= 4 is 0 Å². The highest BCUT2D eigenvalue weighted by Crippen LogP contribution is 2.50. The number of hydrogen-bond acceptors (Lipinski definition) is 5. The molecule has 134 valence electrons. The number of fused-ring (bicyclic) bond motifs is 1. The first-order chi connectivity index (χ1) is 12.8. The Labute approximate surface area is 152 Å². The maximum atomic E-state index is 5.80. The van der Waals surface area contributed by atoms with E-state index in [1.807, 2.05) is 30.6 Å². The minimum Gasteiger partial charge on any atom is -0.348 e. The van der Waals surface area contributed by atoms with Gasteiger partial charge in [0.25, 0.3) is 0 Å². The molecule has 6 heteroatoms. The molecular formula is C20H23N5O. The Hall–Kier alpha value is -2.47. The lowest BCUT2D eigenvalue weighted by Gasteiger charge is -2.24. The lowest BCUT2D eigenvalue weighted by Crippen LogP contribution is -2.32. The Balaban J connectivity index is 1.36. The summed E-state index contributed by atoms with van der Waals surface area (Å²) in [6, 6.07) is 10.3. The van der Waals surface area contributed by atoms with E-state index < -0.39 is 0 Å². The molecule has 1 aromatic carbocycles. The van der Waals surface area contributed by atoms with E-state index in [2.05, 4.69) is 32.2 Å². The van der Waals surface area contributed by atoms with Gasteiger partial charge in [0, 0.05) is 31.9 Å². The first kappa shape index (κ1) is 15.8. The number of aromatic nitrogens is 4. The normalized spacial score (nSPS) is 25.6. The van der Waals surface area contributed by atoms with Crippen LogP contribution in [0.1, 0.15) is 42.4 Å². The Morgan fingerprint density at radius 3 is 3.04 bits per heavy atom. The third-order valence-electron chi connectivity index (χ3n) is 5.97. The number of nitrogens with one attached hydrogen (secondary N) is 1. The zero-order valence-electron chi connectivity index (χ0n) is 14.8. The molecule has 1 saturated heterocycles. The van der Waals surface area contributed by atoms with Gasteiger partial charge < -0.3 is 9.51 Å². The molecule has 5 rings (SSSR count). The van der Waals surface area contributed by atoms with E-state index in [0.29, 0.717) is 5.92 Å². The molecule has 3 aromatic rings. The molecule has 1 aliphatic carbocycles. The number of nitrogens with zero attached hydrogens (tertiary/aromatic N) is 4. The Morgan fingerprint density at radius 2 is 2.19 bits per heavy atom. The maximum Gasteiger partial charge on any atom is 0.234 e. The van der Waals surface area contributed by atoms with Gasteiger partial charge in [0.1, 0.15) is 5.82 Å². The summed E-state index contributed by atoms with van der Waals surface area (Å²) in [7, 11) is 0. The van der Waals surface area contributed by atoms with Crippen LogP contribution < -0.4 is 0 Å². The smallest absolute Gasteiger partial charge is 0.234 e. The molecule has 1 N–H and O–H groups in total. The van der Waals surface area contributed by atoms with Crippen molar-refractivity contribution in [1.82, 2.24) is 25.0 Å². The van der Waals surface area contributed by atoms with Crippen LogP contribution in [-0.4, -0.2) is 38.1 Å². The highest BCUT2D eigenvalue weighted by atomic mass is 16.5. The molecule has 0 radical (unpaired) electrons. The van der Waals surface area contributed by atoms with Crippen molar-refractivity contribution in [2.45, 2.75) is 37.6 Å². The van der Waals surface area contributed by atoms with Gasteiger partial charge in [-0.25, -0.2) is 4.98 Å². The number of likely N-dealkylation sites (tertiary alicyclic amines) is 1. The average Bonchev–Trinajstić information content (AvgIpc) is 3.40. The van der Waals surface area contributed by atoms with Crippen molar-refractivity contribution < 1.29 is 4.52 Å². The van der Waals surface area contributed by atoms with Crippen molar-refractivity contribution in [3.63, 3.8) is 0 Å². The molecule has 6 nitrogen and oxygen atoms in total. The average molecular weight is 349 g/mol. The molecule has 3 heterocycles. The van der Waals surface area contributed by atoms with Crippen LogP contribution in [0.3, 0.4) is 0 Å². The summed E-state index contributed by atoms with van der Waals surface area (Å²) in [4.78, 5) is 14.9. The standard InChI is InChI=1S/C20H23N5O/c1-2-5-15(6-3-1)11-17-23-19(26-24-17)20-8-4-7-16(20)12-25(14-20)13-18-21-9-10-22-18/h1-3,5-6,9-10,16H,4,7-8,11-14H2,(H,21,22)/t16-,20-/m1/s1. The summed E-state index contributed by atoms with van der Waals surface area (Å²) in [5.74, 6) is 3.25. The lowest BCUT2D eigenvalue weighted by molar-refractivity contribution is 0.243. The fraction of sp³-hybridized carbons (Fsp3) is 0.450. The predicted octanol–water partition coefficient (Wildman–Crippen LogP) is 2.94. The first-order valence-corrected chi connectivity index (χ1v) is 9.39. The molecule has 2 fully saturated rings. The van der Waals surface area contributed by atoms with E-state index in [0.717, 1.165) is 50.0 Å². The molecule has 0 unspecified atom stereocenters. The maximum absolute atomic E-state index is 5.80. The van der Waals surface area contributed by atoms with Crippen LogP contribution >= 0.6 is 0 Å². The van der Waals surface area contributed by atoms with Crippen LogP contribution in [0, 0.1) is 5.92 Å². The van der Waals surface area contributed by atoms with Crippen LogP contribution in [0.4, 0.5) is 0 Å². The van der Waals surface area contributed by atoms with Crippen LogP contribution in [0.5, 0.6) is 0 Å². The monoisotopic (exact) mass is 349 g/mol. The molecule has 0 bridgehead atoms. The first-order valence-electron chi connectivity index (χ1n) is 9.39. The van der Waals surface area contributed by atoms with Crippen molar-refractivity contribution in [3.05, 3.63) is 65.8 Å². The second-order valence-electron chi connectivity index (χ2n) is 7.63. The molecule has 0 spiro atoms. The van der Waals surface area contributed by atoms with Gasteiger partial charge in [-0.1, -0.05) is 41.9 Å². The molecule has 2 aromatic heterocycles. The molecular weight excluding hydrogens is 326 g/mol. The van der Waals surface area contributed by atoms with E-state index in [4.69, 9.17) is 9.51 Å². The van der Waals surface area contributed by atoms with Crippen molar-refractivity contribution in [3.8, 4) is 0 Å². The SMILES string of the molecule is c1ccc(Cc2noc([C@@]34CCC[C@@H]3CN(Cc3ncc[nH]3)C4)n2)cc1. The van der Waals surface area contributed by atoms with Gasteiger partial charge in [-0.05, 0) is 24.3 Å². The zero-order chi connectivity index (χ0) is 17.4. The molecule has 1 aliphatic heterocycles. The number of H-pyrrole nitrogens is 1. The second-order valence-corrected chi connectivity index (χ2v) is 7.63. The third-order valence-corrected chi connectivity index (χ3v) is 5.97. The van der Waals surface area contributed by atoms with Crippen LogP contribution in [0.25, 0.3) is 0 Å². The fourth-order valence-corrected chi connectivity index (χ4v) is 4.77. The van der Waals surface area contributed by atoms with Gasteiger partial charge >= 0.3 is 0 Å². The predicted molar refractivity (Wildman–Crippen MR) is 96.4 cm³/mol. The summed E-state index contributed by atoms with van der Waals surface area (Å²) in [6.07, 6.45) is 8.05. The highest BCUT2D eigenvalue weighted by Gasteiger charge is 2.54.